The summed E-state index contributed by atoms with van der Waals surface area (Å²) in [5.74, 6) is 0.741. The Morgan fingerprint density at radius 1 is 1.07 bits per heavy atom. The first-order valence-electron chi connectivity index (χ1n) is 4.84. The lowest BCUT2D eigenvalue weighted by Crippen LogP contribution is -2.06. The van der Waals surface area contributed by atoms with Gasteiger partial charge in [0.15, 0.2) is 0 Å². The molecule has 0 spiro atoms. The molecule has 0 heterocycles. The van der Waals surface area contributed by atoms with E-state index in [0.29, 0.717) is 26.4 Å². The van der Waals surface area contributed by atoms with E-state index in [2.05, 4.69) is 12.6 Å². The normalized spacial score (nSPS) is 10.5. The highest BCUT2D eigenvalue weighted by atomic mass is 35.5. The molecule has 0 aromatic heterocycles. The Morgan fingerprint density at radius 2 is 1.80 bits per heavy atom. The van der Waals surface area contributed by atoms with E-state index in [4.69, 9.17) is 21.1 Å². The van der Waals surface area contributed by atoms with Gasteiger partial charge in [-0.2, -0.15) is 12.6 Å². The third-order valence-electron chi connectivity index (χ3n) is 1.82. The van der Waals surface area contributed by atoms with Crippen LogP contribution >= 0.6 is 24.2 Å². The van der Waals surface area contributed by atoms with Crippen molar-refractivity contribution in [2.45, 2.75) is 6.61 Å². The number of hydrogen-bond acceptors (Lipinski definition) is 3. The summed E-state index contributed by atoms with van der Waals surface area (Å²) in [5, 5.41) is 0.744. The molecule has 1 aromatic rings. The van der Waals surface area contributed by atoms with E-state index in [9.17, 15) is 0 Å². The molecule has 0 fully saturated rings. The van der Waals surface area contributed by atoms with Crippen LogP contribution in [0.2, 0.25) is 5.02 Å². The molecule has 0 saturated carbocycles. The van der Waals surface area contributed by atoms with Crippen molar-refractivity contribution in [2.24, 2.45) is 0 Å². The summed E-state index contributed by atoms with van der Waals surface area (Å²) in [7, 11) is 0. The topological polar surface area (TPSA) is 18.5 Å². The molecule has 0 amide bonds. The minimum Gasteiger partial charge on any atom is -0.378 e. The Morgan fingerprint density at radius 3 is 2.53 bits per heavy atom. The predicted molar refractivity (Wildman–Crippen MR) is 65.8 cm³/mol. The standard InChI is InChI=1S/C11H15ClO2S/c12-11-4-2-1-3-10(11)9-14-6-5-13-7-8-15/h1-4,15H,5-9H2. The number of halogens is 1. The Kier molecular flexibility index (Phi) is 6.85. The molecule has 2 nitrogen and oxygen atoms in total. The maximum absolute atomic E-state index is 5.97. The van der Waals surface area contributed by atoms with Crippen molar-refractivity contribution < 1.29 is 9.47 Å². The number of ether oxygens (including phenoxy) is 2. The predicted octanol–water partition coefficient (Wildman–Crippen LogP) is 2.80. The molecule has 0 saturated heterocycles. The lowest BCUT2D eigenvalue weighted by Gasteiger charge is -2.06. The Hall–Kier alpha value is -0.220. The van der Waals surface area contributed by atoms with E-state index >= 15 is 0 Å². The molecule has 0 unspecified atom stereocenters. The number of benzene rings is 1. The highest BCUT2D eigenvalue weighted by molar-refractivity contribution is 7.80. The molecule has 0 bridgehead atoms. The van der Waals surface area contributed by atoms with Crippen LogP contribution in [0.25, 0.3) is 0 Å². The summed E-state index contributed by atoms with van der Waals surface area (Å²) in [6.45, 7) is 2.38. The van der Waals surface area contributed by atoms with Gasteiger partial charge in [-0.05, 0) is 11.6 Å². The summed E-state index contributed by atoms with van der Waals surface area (Å²) in [6, 6.07) is 7.66. The van der Waals surface area contributed by atoms with Crippen molar-refractivity contribution in [3.05, 3.63) is 34.9 Å². The maximum Gasteiger partial charge on any atom is 0.0732 e. The van der Waals surface area contributed by atoms with Crippen LogP contribution in [0.1, 0.15) is 5.56 Å². The van der Waals surface area contributed by atoms with Gasteiger partial charge in [0.05, 0.1) is 26.4 Å². The van der Waals surface area contributed by atoms with Crippen molar-refractivity contribution in [2.75, 3.05) is 25.6 Å². The van der Waals surface area contributed by atoms with Crippen LogP contribution in [0.3, 0.4) is 0 Å². The van der Waals surface area contributed by atoms with E-state index in [1.807, 2.05) is 24.3 Å². The van der Waals surface area contributed by atoms with Crippen LogP contribution in [0.4, 0.5) is 0 Å². The van der Waals surface area contributed by atoms with Gasteiger partial charge in [-0.15, -0.1) is 0 Å². The number of rotatable bonds is 7. The number of hydrogen-bond donors (Lipinski definition) is 1. The van der Waals surface area contributed by atoms with Crippen LogP contribution in [0.5, 0.6) is 0 Å². The molecular weight excluding hydrogens is 232 g/mol. The van der Waals surface area contributed by atoms with Crippen LogP contribution in [-0.2, 0) is 16.1 Å². The fourth-order valence-electron chi connectivity index (χ4n) is 1.08. The lowest BCUT2D eigenvalue weighted by atomic mass is 10.2. The molecule has 0 aliphatic carbocycles. The molecule has 0 aliphatic rings. The van der Waals surface area contributed by atoms with Gasteiger partial charge in [-0.3, -0.25) is 0 Å². The molecular formula is C11H15ClO2S. The first kappa shape index (κ1) is 12.8. The highest BCUT2D eigenvalue weighted by Gasteiger charge is 1.98. The fraction of sp³-hybridized carbons (Fsp3) is 0.455. The molecule has 4 heteroatoms. The second kappa shape index (κ2) is 7.99. The molecule has 15 heavy (non-hydrogen) atoms. The van der Waals surface area contributed by atoms with Crippen molar-refractivity contribution in [3.63, 3.8) is 0 Å². The average molecular weight is 247 g/mol. The zero-order chi connectivity index (χ0) is 10.9. The zero-order valence-corrected chi connectivity index (χ0v) is 10.1. The Labute approximate surface area is 101 Å². The van der Waals surface area contributed by atoms with Gasteiger partial charge in [0.2, 0.25) is 0 Å². The summed E-state index contributed by atoms with van der Waals surface area (Å²) in [6.07, 6.45) is 0. The van der Waals surface area contributed by atoms with Gasteiger partial charge < -0.3 is 9.47 Å². The van der Waals surface area contributed by atoms with Gasteiger partial charge in [0.25, 0.3) is 0 Å². The smallest absolute Gasteiger partial charge is 0.0732 e. The molecule has 0 N–H and O–H groups in total. The summed E-state index contributed by atoms with van der Waals surface area (Å²) in [5.41, 5.74) is 1.01. The first-order chi connectivity index (χ1) is 7.34. The summed E-state index contributed by atoms with van der Waals surface area (Å²) >= 11 is 10.00. The maximum atomic E-state index is 5.97. The highest BCUT2D eigenvalue weighted by Crippen LogP contribution is 2.15. The third-order valence-corrected chi connectivity index (χ3v) is 2.37. The van der Waals surface area contributed by atoms with E-state index in [1.165, 1.54) is 0 Å². The van der Waals surface area contributed by atoms with Crippen LogP contribution < -0.4 is 0 Å². The van der Waals surface area contributed by atoms with Crippen molar-refractivity contribution in [1.82, 2.24) is 0 Å². The SMILES string of the molecule is SCCOCCOCc1ccccc1Cl. The largest absolute Gasteiger partial charge is 0.378 e. The van der Waals surface area contributed by atoms with Gasteiger partial charge >= 0.3 is 0 Å². The Balaban J connectivity index is 2.12. The molecule has 0 radical (unpaired) electrons. The molecule has 1 aromatic carbocycles. The molecule has 0 atom stereocenters. The van der Waals surface area contributed by atoms with E-state index in [0.717, 1.165) is 16.3 Å². The Bertz CT molecular complexity index is 281. The van der Waals surface area contributed by atoms with E-state index in [-0.39, 0.29) is 0 Å². The molecule has 1 rings (SSSR count). The fourth-order valence-corrected chi connectivity index (χ4v) is 1.40. The summed E-state index contributed by atoms with van der Waals surface area (Å²) in [4.78, 5) is 0. The van der Waals surface area contributed by atoms with Crippen molar-refractivity contribution in [3.8, 4) is 0 Å². The van der Waals surface area contributed by atoms with E-state index < -0.39 is 0 Å². The molecule has 0 aliphatic heterocycles. The monoisotopic (exact) mass is 246 g/mol. The zero-order valence-electron chi connectivity index (χ0n) is 8.49. The van der Waals surface area contributed by atoms with E-state index in [1.54, 1.807) is 0 Å². The van der Waals surface area contributed by atoms with Crippen molar-refractivity contribution >= 4 is 24.2 Å². The van der Waals surface area contributed by atoms with Gasteiger partial charge in [0, 0.05) is 10.8 Å². The van der Waals surface area contributed by atoms with Gasteiger partial charge in [0.1, 0.15) is 0 Å². The van der Waals surface area contributed by atoms with Gasteiger partial charge in [-0.1, -0.05) is 29.8 Å². The quantitative estimate of drug-likeness (QED) is 0.589. The van der Waals surface area contributed by atoms with Crippen molar-refractivity contribution in [1.29, 1.82) is 0 Å². The van der Waals surface area contributed by atoms with Crippen LogP contribution in [0.15, 0.2) is 24.3 Å². The lowest BCUT2D eigenvalue weighted by molar-refractivity contribution is 0.0463. The molecule has 84 valence electrons. The number of thiol groups is 1. The second-order valence-corrected chi connectivity index (χ2v) is 3.83. The minimum atomic E-state index is 0.532. The first-order valence-corrected chi connectivity index (χ1v) is 5.85. The van der Waals surface area contributed by atoms with Crippen LogP contribution in [0, 0.1) is 0 Å². The van der Waals surface area contributed by atoms with Gasteiger partial charge in [-0.25, -0.2) is 0 Å². The minimum absolute atomic E-state index is 0.532. The second-order valence-electron chi connectivity index (χ2n) is 2.98. The summed E-state index contributed by atoms with van der Waals surface area (Å²) < 4.78 is 10.6. The van der Waals surface area contributed by atoms with Crippen LogP contribution in [-0.4, -0.2) is 25.6 Å². The average Bonchev–Trinajstić information content (AvgIpc) is 2.25. The third kappa shape index (κ3) is 5.42.